The fourth-order valence-electron chi connectivity index (χ4n) is 1.77. The van der Waals surface area contributed by atoms with Crippen molar-refractivity contribution in [3.8, 4) is 5.75 Å². The minimum absolute atomic E-state index is 0.0699. The van der Waals surface area contributed by atoms with Gasteiger partial charge in [-0.25, -0.2) is 9.37 Å². The zero-order chi connectivity index (χ0) is 13.9. The van der Waals surface area contributed by atoms with E-state index in [9.17, 15) is 9.18 Å². The molecule has 0 atom stereocenters. The van der Waals surface area contributed by atoms with Gasteiger partial charge in [0.1, 0.15) is 0 Å². The van der Waals surface area contributed by atoms with Crippen LogP contribution in [-0.4, -0.2) is 17.5 Å². The Balaban J connectivity index is 1.52. The summed E-state index contributed by atoms with van der Waals surface area (Å²) in [4.78, 5) is 16.0. The highest BCUT2D eigenvalue weighted by atomic mass is 32.1. The summed E-state index contributed by atoms with van der Waals surface area (Å²) < 4.78 is 18.4. The van der Waals surface area contributed by atoms with E-state index in [-0.39, 0.29) is 18.3 Å². The van der Waals surface area contributed by atoms with Crippen molar-refractivity contribution < 1.29 is 13.9 Å². The molecular formula is C14H13FN2O2S. The topological polar surface area (TPSA) is 51.2 Å². The van der Waals surface area contributed by atoms with Crippen LogP contribution in [0.2, 0.25) is 0 Å². The second-order valence-corrected chi connectivity index (χ2v) is 5.48. The smallest absolute Gasteiger partial charge is 0.264 e. The highest BCUT2D eigenvalue weighted by Crippen LogP contribution is 2.40. The van der Waals surface area contributed by atoms with E-state index in [2.05, 4.69) is 10.3 Å². The van der Waals surface area contributed by atoms with E-state index in [0.717, 1.165) is 5.69 Å². The van der Waals surface area contributed by atoms with Gasteiger partial charge >= 0.3 is 0 Å². The van der Waals surface area contributed by atoms with E-state index in [0.29, 0.717) is 11.0 Å². The van der Waals surface area contributed by atoms with Gasteiger partial charge in [0.2, 0.25) is 0 Å². The molecule has 6 heteroatoms. The first-order valence-electron chi connectivity index (χ1n) is 6.35. The zero-order valence-corrected chi connectivity index (χ0v) is 11.5. The number of thiazole rings is 1. The van der Waals surface area contributed by atoms with Gasteiger partial charge in [0.05, 0.1) is 5.69 Å². The largest absolute Gasteiger partial charge is 0.481 e. The number of para-hydroxylation sites is 1. The summed E-state index contributed by atoms with van der Waals surface area (Å²) in [6, 6.07) is 5.99. The van der Waals surface area contributed by atoms with Gasteiger partial charge in [-0.15, -0.1) is 11.3 Å². The lowest BCUT2D eigenvalue weighted by Crippen LogP contribution is -2.20. The number of hydrogen-bond donors (Lipinski definition) is 1. The van der Waals surface area contributed by atoms with E-state index in [1.54, 1.807) is 12.1 Å². The van der Waals surface area contributed by atoms with Gasteiger partial charge in [-0.05, 0) is 25.0 Å². The minimum Gasteiger partial charge on any atom is -0.481 e. The lowest BCUT2D eigenvalue weighted by Gasteiger charge is -2.06. The SMILES string of the molecule is O=C(COc1ccccc1F)Nc1nc(C2CC2)cs1. The van der Waals surface area contributed by atoms with Gasteiger partial charge in [-0.3, -0.25) is 10.1 Å². The monoisotopic (exact) mass is 292 g/mol. The third-order valence-corrected chi connectivity index (χ3v) is 3.74. The molecule has 1 amide bonds. The normalized spacial score (nSPS) is 14.1. The molecule has 1 aromatic heterocycles. The minimum atomic E-state index is -0.481. The molecule has 2 aromatic rings. The van der Waals surface area contributed by atoms with Crippen molar-refractivity contribution in [3.05, 3.63) is 41.2 Å². The van der Waals surface area contributed by atoms with Crippen LogP contribution in [0.3, 0.4) is 0 Å². The van der Waals surface area contributed by atoms with Crippen molar-refractivity contribution >= 4 is 22.4 Å². The molecule has 0 unspecified atom stereocenters. The molecule has 1 saturated carbocycles. The number of nitrogens with zero attached hydrogens (tertiary/aromatic N) is 1. The number of amides is 1. The fourth-order valence-corrected chi connectivity index (χ4v) is 2.58. The summed E-state index contributed by atoms with van der Waals surface area (Å²) in [7, 11) is 0. The maximum Gasteiger partial charge on any atom is 0.264 e. The number of nitrogens with one attached hydrogen (secondary N) is 1. The van der Waals surface area contributed by atoms with Crippen molar-refractivity contribution in [2.75, 3.05) is 11.9 Å². The van der Waals surface area contributed by atoms with Crippen LogP contribution >= 0.6 is 11.3 Å². The number of carbonyl (C=O) groups excluding carboxylic acids is 1. The fraction of sp³-hybridized carbons (Fsp3) is 0.286. The molecule has 0 saturated heterocycles. The van der Waals surface area contributed by atoms with Crippen molar-refractivity contribution in [2.24, 2.45) is 0 Å². The number of rotatable bonds is 5. The van der Waals surface area contributed by atoms with E-state index in [1.165, 1.54) is 36.3 Å². The summed E-state index contributed by atoms with van der Waals surface area (Å²) in [6.07, 6.45) is 2.35. The second-order valence-electron chi connectivity index (χ2n) is 4.62. The van der Waals surface area contributed by atoms with Crippen LogP contribution in [0.5, 0.6) is 5.75 Å². The molecule has 4 nitrogen and oxygen atoms in total. The summed E-state index contributed by atoms with van der Waals surface area (Å²) in [6.45, 7) is -0.237. The molecule has 1 N–H and O–H groups in total. The van der Waals surface area contributed by atoms with Crippen LogP contribution in [0.1, 0.15) is 24.5 Å². The van der Waals surface area contributed by atoms with E-state index < -0.39 is 5.82 Å². The second kappa shape index (κ2) is 5.58. The standard InChI is InChI=1S/C14H13FN2O2S/c15-10-3-1-2-4-12(10)19-7-13(18)17-14-16-11(8-20-14)9-5-6-9/h1-4,8-9H,5-7H2,(H,16,17,18). The molecule has 1 fully saturated rings. The van der Waals surface area contributed by atoms with Crippen molar-refractivity contribution in [3.63, 3.8) is 0 Å². The van der Waals surface area contributed by atoms with Crippen molar-refractivity contribution in [2.45, 2.75) is 18.8 Å². The summed E-state index contributed by atoms with van der Waals surface area (Å²) >= 11 is 1.40. The molecule has 20 heavy (non-hydrogen) atoms. The van der Waals surface area contributed by atoms with E-state index >= 15 is 0 Å². The Morgan fingerprint density at radius 3 is 3.00 bits per heavy atom. The van der Waals surface area contributed by atoms with Crippen LogP contribution in [0, 0.1) is 5.82 Å². The number of aromatic nitrogens is 1. The predicted octanol–water partition coefficient (Wildman–Crippen LogP) is 3.18. The van der Waals surface area contributed by atoms with Crippen LogP contribution in [0.15, 0.2) is 29.6 Å². The first kappa shape index (κ1) is 13.1. The number of halogens is 1. The predicted molar refractivity (Wildman–Crippen MR) is 74.6 cm³/mol. The molecule has 104 valence electrons. The van der Waals surface area contributed by atoms with Crippen LogP contribution in [0.4, 0.5) is 9.52 Å². The van der Waals surface area contributed by atoms with Gasteiger partial charge in [0, 0.05) is 11.3 Å². The maximum atomic E-state index is 13.3. The molecule has 1 heterocycles. The zero-order valence-electron chi connectivity index (χ0n) is 10.6. The lowest BCUT2D eigenvalue weighted by atomic mass is 10.3. The van der Waals surface area contributed by atoms with Gasteiger partial charge < -0.3 is 4.74 Å². The average molecular weight is 292 g/mol. The van der Waals surface area contributed by atoms with Gasteiger partial charge in [0.15, 0.2) is 23.3 Å². The first-order valence-corrected chi connectivity index (χ1v) is 7.23. The summed E-state index contributed by atoms with van der Waals surface area (Å²) in [5, 5.41) is 5.18. The molecule has 0 radical (unpaired) electrons. The Bertz CT molecular complexity index is 625. The number of ether oxygens (including phenoxy) is 1. The average Bonchev–Trinajstić information content (AvgIpc) is 3.19. The van der Waals surface area contributed by atoms with Gasteiger partial charge in [-0.1, -0.05) is 12.1 Å². The van der Waals surface area contributed by atoms with Gasteiger partial charge in [0.25, 0.3) is 5.91 Å². The Morgan fingerprint density at radius 1 is 1.45 bits per heavy atom. The summed E-state index contributed by atoms with van der Waals surface area (Å²) in [5.74, 6) is -0.192. The molecule has 1 aromatic carbocycles. The van der Waals surface area contributed by atoms with Crippen LogP contribution in [-0.2, 0) is 4.79 Å². The highest BCUT2D eigenvalue weighted by Gasteiger charge is 2.26. The number of carbonyl (C=O) groups is 1. The maximum absolute atomic E-state index is 13.3. The quantitative estimate of drug-likeness (QED) is 0.921. The third-order valence-electron chi connectivity index (χ3n) is 2.96. The molecule has 0 bridgehead atoms. The van der Waals surface area contributed by atoms with E-state index in [4.69, 9.17) is 4.74 Å². The Kier molecular flexibility index (Phi) is 3.64. The Labute approximate surface area is 119 Å². The van der Waals surface area contributed by atoms with Gasteiger partial charge in [-0.2, -0.15) is 0 Å². The number of benzene rings is 1. The molecular weight excluding hydrogens is 279 g/mol. The van der Waals surface area contributed by atoms with Crippen molar-refractivity contribution in [1.82, 2.24) is 4.98 Å². The first-order chi connectivity index (χ1) is 9.72. The number of hydrogen-bond acceptors (Lipinski definition) is 4. The Morgan fingerprint density at radius 2 is 2.25 bits per heavy atom. The molecule has 0 aliphatic heterocycles. The molecule has 1 aliphatic carbocycles. The Hall–Kier alpha value is -1.95. The number of anilines is 1. The lowest BCUT2D eigenvalue weighted by molar-refractivity contribution is -0.118. The highest BCUT2D eigenvalue weighted by molar-refractivity contribution is 7.13. The molecule has 3 rings (SSSR count). The summed E-state index contributed by atoms with van der Waals surface area (Å²) in [5.41, 5.74) is 1.04. The molecule has 1 aliphatic rings. The van der Waals surface area contributed by atoms with Crippen LogP contribution in [0.25, 0.3) is 0 Å². The van der Waals surface area contributed by atoms with Crippen LogP contribution < -0.4 is 10.1 Å². The van der Waals surface area contributed by atoms with Crippen molar-refractivity contribution in [1.29, 1.82) is 0 Å². The third kappa shape index (κ3) is 3.14. The van der Waals surface area contributed by atoms with E-state index in [1.807, 2.05) is 5.38 Å². The molecule has 0 spiro atoms.